The van der Waals surface area contributed by atoms with E-state index in [1.165, 1.54) is 51.4 Å². The maximum Gasteiger partial charge on any atom is 0.220 e. The van der Waals surface area contributed by atoms with Crippen molar-refractivity contribution in [1.29, 1.82) is 0 Å². The predicted octanol–water partition coefficient (Wildman–Crippen LogP) is 3.02. The number of hydrogen-bond acceptors (Lipinski definition) is 2. The smallest absolute Gasteiger partial charge is 0.220 e. The van der Waals surface area contributed by atoms with Gasteiger partial charge in [-0.1, -0.05) is 38.5 Å². The van der Waals surface area contributed by atoms with Crippen molar-refractivity contribution in [3.05, 3.63) is 0 Å². The summed E-state index contributed by atoms with van der Waals surface area (Å²) < 4.78 is 0. The van der Waals surface area contributed by atoms with Crippen molar-refractivity contribution < 1.29 is 9.90 Å². The van der Waals surface area contributed by atoms with Crippen LogP contribution in [0.15, 0.2) is 0 Å². The predicted molar refractivity (Wildman–Crippen MR) is 76.8 cm³/mol. The Labute approximate surface area is 117 Å². The molecule has 0 aliphatic heterocycles. The average molecular weight is 267 g/mol. The highest BCUT2D eigenvalue weighted by Gasteiger charge is 2.31. The van der Waals surface area contributed by atoms with Gasteiger partial charge in [-0.15, -0.1) is 0 Å². The molecule has 0 aromatic rings. The Balaban J connectivity index is 1.72. The molecule has 0 unspecified atom stereocenters. The normalized spacial score (nSPS) is 24.1. The second-order valence-corrected chi connectivity index (χ2v) is 6.70. The lowest BCUT2D eigenvalue weighted by molar-refractivity contribution is -0.123. The number of aliphatic hydroxyl groups is 1. The molecule has 19 heavy (non-hydrogen) atoms. The molecular weight excluding hydrogens is 238 g/mol. The van der Waals surface area contributed by atoms with Gasteiger partial charge in [-0.05, 0) is 31.6 Å². The van der Waals surface area contributed by atoms with Crippen LogP contribution in [0, 0.1) is 11.3 Å². The lowest BCUT2D eigenvalue weighted by Gasteiger charge is -2.35. The molecule has 0 bridgehead atoms. The number of amides is 1. The van der Waals surface area contributed by atoms with Crippen molar-refractivity contribution in [2.45, 2.75) is 70.6 Å². The molecule has 2 aliphatic carbocycles. The molecule has 0 atom stereocenters. The second-order valence-electron chi connectivity index (χ2n) is 6.70. The van der Waals surface area contributed by atoms with Gasteiger partial charge >= 0.3 is 0 Å². The molecule has 2 rings (SSSR count). The number of hydrogen-bond donors (Lipinski definition) is 2. The van der Waals surface area contributed by atoms with E-state index in [1.807, 2.05) is 0 Å². The Bertz CT molecular complexity index is 278. The van der Waals surface area contributed by atoms with E-state index in [9.17, 15) is 9.90 Å². The molecule has 3 nitrogen and oxygen atoms in total. The zero-order chi connectivity index (χ0) is 13.6. The van der Waals surface area contributed by atoms with E-state index in [1.54, 1.807) is 0 Å². The molecule has 0 aromatic carbocycles. The van der Waals surface area contributed by atoms with Gasteiger partial charge in [0.25, 0.3) is 0 Å². The molecule has 2 fully saturated rings. The molecule has 0 radical (unpaired) electrons. The molecule has 110 valence electrons. The summed E-state index contributed by atoms with van der Waals surface area (Å²) >= 11 is 0. The molecule has 3 heteroatoms. The summed E-state index contributed by atoms with van der Waals surface area (Å²) in [5, 5.41) is 12.7. The Morgan fingerprint density at radius 2 is 1.68 bits per heavy atom. The Kier molecular flexibility index (Phi) is 5.68. The van der Waals surface area contributed by atoms with Crippen LogP contribution in [0.5, 0.6) is 0 Å². The molecule has 2 aliphatic rings. The minimum atomic E-state index is -0.0273. The van der Waals surface area contributed by atoms with Crippen LogP contribution in [0.3, 0.4) is 0 Å². The van der Waals surface area contributed by atoms with E-state index in [4.69, 9.17) is 0 Å². The SMILES string of the molecule is O=C(CC1CCCCC1)NCC1(CO)CCCCC1. The minimum Gasteiger partial charge on any atom is -0.396 e. The molecule has 0 spiro atoms. The number of carbonyl (C=O) groups excluding carboxylic acids is 1. The average Bonchev–Trinajstić information content (AvgIpc) is 2.47. The summed E-state index contributed by atoms with van der Waals surface area (Å²) in [6.07, 6.45) is 12.8. The molecular formula is C16H29NO2. The number of nitrogens with one attached hydrogen (secondary N) is 1. The topological polar surface area (TPSA) is 49.3 Å². The maximum absolute atomic E-state index is 12.0. The van der Waals surface area contributed by atoms with Crippen LogP contribution in [0.4, 0.5) is 0 Å². The van der Waals surface area contributed by atoms with Crippen molar-refractivity contribution in [2.75, 3.05) is 13.2 Å². The first-order valence-electron chi connectivity index (χ1n) is 8.12. The maximum atomic E-state index is 12.0. The van der Waals surface area contributed by atoms with Crippen LogP contribution >= 0.6 is 0 Å². The van der Waals surface area contributed by atoms with Crippen LogP contribution in [0.25, 0.3) is 0 Å². The highest BCUT2D eigenvalue weighted by atomic mass is 16.3. The first-order valence-corrected chi connectivity index (χ1v) is 8.12. The third-order valence-corrected chi connectivity index (χ3v) is 5.11. The first kappa shape index (κ1) is 14.8. The van der Waals surface area contributed by atoms with Gasteiger partial charge < -0.3 is 10.4 Å². The zero-order valence-corrected chi connectivity index (χ0v) is 12.1. The third-order valence-electron chi connectivity index (χ3n) is 5.11. The molecule has 1 amide bonds. The summed E-state index contributed by atoms with van der Waals surface area (Å²) in [4.78, 5) is 12.0. The van der Waals surface area contributed by atoms with Gasteiger partial charge in [0.15, 0.2) is 0 Å². The summed E-state index contributed by atoms with van der Waals surface area (Å²) in [6, 6.07) is 0. The van der Waals surface area contributed by atoms with Gasteiger partial charge in [0, 0.05) is 18.4 Å². The molecule has 0 aromatic heterocycles. The zero-order valence-electron chi connectivity index (χ0n) is 12.1. The highest BCUT2D eigenvalue weighted by Crippen LogP contribution is 2.35. The van der Waals surface area contributed by atoms with E-state index in [0.29, 0.717) is 18.9 Å². The van der Waals surface area contributed by atoms with Gasteiger partial charge in [-0.25, -0.2) is 0 Å². The van der Waals surface area contributed by atoms with E-state index < -0.39 is 0 Å². The highest BCUT2D eigenvalue weighted by molar-refractivity contribution is 5.76. The lowest BCUT2D eigenvalue weighted by Crippen LogP contribution is -2.41. The van der Waals surface area contributed by atoms with E-state index >= 15 is 0 Å². The van der Waals surface area contributed by atoms with E-state index in [-0.39, 0.29) is 17.9 Å². The number of carbonyl (C=O) groups is 1. The fraction of sp³-hybridized carbons (Fsp3) is 0.938. The van der Waals surface area contributed by atoms with Gasteiger partial charge in [-0.2, -0.15) is 0 Å². The van der Waals surface area contributed by atoms with Crippen LogP contribution in [-0.2, 0) is 4.79 Å². The van der Waals surface area contributed by atoms with Gasteiger partial charge in [0.05, 0.1) is 6.61 Å². The lowest BCUT2D eigenvalue weighted by atomic mass is 9.74. The van der Waals surface area contributed by atoms with E-state index in [2.05, 4.69) is 5.32 Å². The number of rotatable bonds is 5. The van der Waals surface area contributed by atoms with Crippen molar-refractivity contribution in [3.8, 4) is 0 Å². The largest absolute Gasteiger partial charge is 0.396 e. The molecule has 0 heterocycles. The van der Waals surface area contributed by atoms with Crippen molar-refractivity contribution in [3.63, 3.8) is 0 Å². The summed E-state index contributed by atoms with van der Waals surface area (Å²) in [5.41, 5.74) is -0.0273. The Morgan fingerprint density at radius 3 is 2.32 bits per heavy atom. The van der Waals surface area contributed by atoms with Crippen molar-refractivity contribution in [1.82, 2.24) is 5.32 Å². The molecule has 2 saturated carbocycles. The van der Waals surface area contributed by atoms with Gasteiger partial charge in [0.2, 0.25) is 5.91 Å². The van der Waals surface area contributed by atoms with Crippen molar-refractivity contribution >= 4 is 5.91 Å². The fourth-order valence-electron chi connectivity index (χ4n) is 3.70. The van der Waals surface area contributed by atoms with Crippen LogP contribution in [-0.4, -0.2) is 24.2 Å². The first-order chi connectivity index (χ1) is 9.24. The van der Waals surface area contributed by atoms with Gasteiger partial charge in [0.1, 0.15) is 0 Å². The van der Waals surface area contributed by atoms with Crippen LogP contribution < -0.4 is 5.32 Å². The number of aliphatic hydroxyl groups excluding tert-OH is 1. The van der Waals surface area contributed by atoms with Crippen LogP contribution in [0.1, 0.15) is 70.6 Å². The minimum absolute atomic E-state index is 0.0273. The van der Waals surface area contributed by atoms with Gasteiger partial charge in [-0.3, -0.25) is 4.79 Å². The van der Waals surface area contributed by atoms with Crippen molar-refractivity contribution in [2.24, 2.45) is 11.3 Å². The molecule has 0 saturated heterocycles. The standard InChI is InChI=1S/C16H29NO2/c18-13-16(9-5-2-6-10-16)12-17-15(19)11-14-7-3-1-4-8-14/h14,18H,1-13H2,(H,17,19). The summed E-state index contributed by atoms with van der Waals surface area (Å²) in [5.74, 6) is 0.801. The Hall–Kier alpha value is -0.570. The van der Waals surface area contributed by atoms with E-state index in [0.717, 1.165) is 12.8 Å². The fourth-order valence-corrected chi connectivity index (χ4v) is 3.70. The third kappa shape index (κ3) is 4.48. The summed E-state index contributed by atoms with van der Waals surface area (Å²) in [6.45, 7) is 0.895. The monoisotopic (exact) mass is 267 g/mol. The second kappa shape index (κ2) is 7.28. The quantitative estimate of drug-likeness (QED) is 0.804. The summed E-state index contributed by atoms with van der Waals surface area (Å²) in [7, 11) is 0. The van der Waals surface area contributed by atoms with Crippen LogP contribution in [0.2, 0.25) is 0 Å². The molecule has 2 N–H and O–H groups in total. The Morgan fingerprint density at radius 1 is 1.05 bits per heavy atom.